The molecule has 2 atom stereocenters. The summed E-state index contributed by atoms with van der Waals surface area (Å²) in [6.07, 6.45) is 2.59. The van der Waals surface area contributed by atoms with Crippen LogP contribution in [0.3, 0.4) is 0 Å². The summed E-state index contributed by atoms with van der Waals surface area (Å²) in [4.78, 5) is 0. The monoisotopic (exact) mass is 188 g/mol. The van der Waals surface area contributed by atoms with E-state index in [0.717, 1.165) is 6.54 Å². The minimum Gasteiger partial charge on any atom is -0.381 e. The molecule has 1 saturated heterocycles. The summed E-state index contributed by atoms with van der Waals surface area (Å²) in [6, 6.07) is 9.39. The van der Waals surface area contributed by atoms with Crippen LogP contribution in [0, 0.1) is 0 Å². The number of fused-ring (bicyclic) bond motifs is 3. The van der Waals surface area contributed by atoms with E-state index in [1.807, 2.05) is 0 Å². The summed E-state index contributed by atoms with van der Waals surface area (Å²) in [5.74, 6) is 0.689. The first-order valence-electron chi connectivity index (χ1n) is 5.51. The van der Waals surface area contributed by atoms with Gasteiger partial charge in [-0.05, 0) is 31.0 Å². The first kappa shape index (κ1) is 8.30. The zero-order valence-electron chi connectivity index (χ0n) is 8.29. The van der Waals surface area contributed by atoms with E-state index in [-0.39, 0.29) is 0 Å². The van der Waals surface area contributed by atoms with Crippen LogP contribution in [-0.2, 0) is 0 Å². The molecule has 0 radical (unpaired) electrons. The van der Waals surface area contributed by atoms with Gasteiger partial charge in [-0.1, -0.05) is 18.2 Å². The Morgan fingerprint density at radius 2 is 2.14 bits per heavy atom. The number of benzene rings is 1. The molecule has 2 aliphatic rings. The molecule has 2 heteroatoms. The van der Waals surface area contributed by atoms with Crippen molar-refractivity contribution >= 4 is 5.69 Å². The van der Waals surface area contributed by atoms with Crippen molar-refractivity contribution in [2.24, 2.45) is 0 Å². The van der Waals surface area contributed by atoms with Crippen LogP contribution >= 0.6 is 0 Å². The lowest BCUT2D eigenvalue weighted by Crippen LogP contribution is -2.25. The van der Waals surface area contributed by atoms with Crippen LogP contribution < -0.4 is 10.6 Å². The van der Waals surface area contributed by atoms with Crippen LogP contribution in [0.4, 0.5) is 5.69 Å². The third kappa shape index (κ3) is 1.22. The highest BCUT2D eigenvalue weighted by Crippen LogP contribution is 2.37. The normalized spacial score (nSPS) is 30.0. The third-order valence-electron chi connectivity index (χ3n) is 3.42. The minimum absolute atomic E-state index is 0.669. The third-order valence-corrected chi connectivity index (χ3v) is 3.42. The van der Waals surface area contributed by atoms with E-state index >= 15 is 0 Å². The minimum atomic E-state index is 0.669. The van der Waals surface area contributed by atoms with Gasteiger partial charge in [0.05, 0.1) is 0 Å². The maximum atomic E-state index is 3.64. The van der Waals surface area contributed by atoms with Crippen molar-refractivity contribution < 1.29 is 0 Å². The van der Waals surface area contributed by atoms with Gasteiger partial charge < -0.3 is 10.6 Å². The predicted octanol–water partition coefficient (Wildman–Crippen LogP) is 1.95. The lowest BCUT2D eigenvalue weighted by Gasteiger charge is -2.16. The first-order valence-corrected chi connectivity index (χ1v) is 5.51. The van der Waals surface area contributed by atoms with Crippen molar-refractivity contribution in [1.29, 1.82) is 0 Å². The van der Waals surface area contributed by atoms with E-state index in [1.54, 1.807) is 0 Å². The van der Waals surface area contributed by atoms with E-state index < -0.39 is 0 Å². The van der Waals surface area contributed by atoms with Gasteiger partial charge in [-0.15, -0.1) is 0 Å². The summed E-state index contributed by atoms with van der Waals surface area (Å²) >= 11 is 0. The summed E-state index contributed by atoms with van der Waals surface area (Å²) in [5, 5.41) is 7.16. The van der Waals surface area contributed by atoms with Crippen molar-refractivity contribution in [1.82, 2.24) is 5.32 Å². The molecule has 2 N–H and O–H groups in total. The highest BCUT2D eigenvalue weighted by molar-refractivity contribution is 5.59. The van der Waals surface area contributed by atoms with Crippen LogP contribution in [-0.4, -0.2) is 19.1 Å². The van der Waals surface area contributed by atoms with Crippen molar-refractivity contribution in [2.75, 3.05) is 18.4 Å². The SMILES string of the molecule is c1ccc2c(c1)N[C@H]1CCCNC[C@@H]21. The second-order valence-corrected chi connectivity index (χ2v) is 4.29. The Morgan fingerprint density at radius 3 is 3.14 bits per heavy atom. The number of hydrogen-bond acceptors (Lipinski definition) is 2. The molecule has 0 unspecified atom stereocenters. The molecule has 14 heavy (non-hydrogen) atoms. The molecule has 2 heterocycles. The molecule has 0 saturated carbocycles. The van der Waals surface area contributed by atoms with Gasteiger partial charge in [0.1, 0.15) is 0 Å². The summed E-state index contributed by atoms with van der Waals surface area (Å²) in [5.41, 5.74) is 2.86. The summed E-state index contributed by atoms with van der Waals surface area (Å²) in [6.45, 7) is 2.31. The van der Waals surface area contributed by atoms with Gasteiger partial charge in [0.2, 0.25) is 0 Å². The number of para-hydroxylation sites is 1. The molecule has 0 spiro atoms. The lowest BCUT2D eigenvalue weighted by atomic mass is 9.94. The topological polar surface area (TPSA) is 24.1 Å². The molecular formula is C12H16N2. The van der Waals surface area contributed by atoms with Gasteiger partial charge in [0, 0.05) is 24.2 Å². The Morgan fingerprint density at radius 1 is 1.21 bits per heavy atom. The summed E-state index contributed by atoms with van der Waals surface area (Å²) < 4.78 is 0. The Balaban J connectivity index is 1.96. The van der Waals surface area contributed by atoms with Crippen molar-refractivity contribution in [3.63, 3.8) is 0 Å². The molecular weight excluding hydrogens is 172 g/mol. The average molecular weight is 188 g/mol. The van der Waals surface area contributed by atoms with Crippen LogP contribution in [0.15, 0.2) is 24.3 Å². The number of hydrogen-bond donors (Lipinski definition) is 2. The smallest absolute Gasteiger partial charge is 0.0379 e. The maximum absolute atomic E-state index is 3.64. The summed E-state index contributed by atoms with van der Waals surface area (Å²) in [7, 11) is 0. The van der Waals surface area contributed by atoms with Crippen LogP contribution in [0.25, 0.3) is 0 Å². The Hall–Kier alpha value is -1.02. The van der Waals surface area contributed by atoms with Crippen molar-refractivity contribution in [3.05, 3.63) is 29.8 Å². The van der Waals surface area contributed by atoms with E-state index in [9.17, 15) is 0 Å². The molecule has 1 aromatic carbocycles. The van der Waals surface area contributed by atoms with Crippen molar-refractivity contribution in [3.8, 4) is 0 Å². The Kier molecular flexibility index (Phi) is 1.95. The second kappa shape index (κ2) is 3.28. The maximum Gasteiger partial charge on any atom is 0.0379 e. The first-order chi connectivity index (χ1) is 6.95. The van der Waals surface area contributed by atoms with Gasteiger partial charge in [-0.3, -0.25) is 0 Å². The zero-order valence-corrected chi connectivity index (χ0v) is 8.29. The molecule has 0 bridgehead atoms. The highest BCUT2D eigenvalue weighted by Gasteiger charge is 2.32. The fourth-order valence-electron chi connectivity index (χ4n) is 2.70. The molecule has 0 aromatic heterocycles. The molecule has 1 fully saturated rings. The number of anilines is 1. The molecule has 3 rings (SSSR count). The molecule has 1 aromatic rings. The van der Waals surface area contributed by atoms with Gasteiger partial charge in [-0.2, -0.15) is 0 Å². The quantitative estimate of drug-likeness (QED) is 0.650. The van der Waals surface area contributed by atoms with Crippen LogP contribution in [0.1, 0.15) is 24.3 Å². The Labute approximate surface area is 84.7 Å². The number of nitrogens with one attached hydrogen (secondary N) is 2. The van der Waals surface area contributed by atoms with Gasteiger partial charge in [0.15, 0.2) is 0 Å². The average Bonchev–Trinajstić information content (AvgIpc) is 2.42. The fraction of sp³-hybridized carbons (Fsp3) is 0.500. The fourth-order valence-corrected chi connectivity index (χ4v) is 2.70. The van der Waals surface area contributed by atoms with Crippen LogP contribution in [0.5, 0.6) is 0 Å². The molecule has 0 aliphatic carbocycles. The standard InChI is InChI=1S/C12H16N2/c1-2-5-11-9(4-1)10-8-13-7-3-6-12(10)14-11/h1-2,4-5,10,12-14H,3,6-8H2/t10-,12-/m0/s1. The predicted molar refractivity (Wildman–Crippen MR) is 58.7 cm³/mol. The van der Waals surface area contributed by atoms with Gasteiger partial charge in [0.25, 0.3) is 0 Å². The Bertz CT molecular complexity index is 335. The molecule has 0 amide bonds. The largest absolute Gasteiger partial charge is 0.381 e. The van der Waals surface area contributed by atoms with E-state index in [2.05, 4.69) is 34.9 Å². The van der Waals surface area contributed by atoms with E-state index in [1.165, 1.54) is 30.6 Å². The van der Waals surface area contributed by atoms with Gasteiger partial charge >= 0.3 is 0 Å². The van der Waals surface area contributed by atoms with Gasteiger partial charge in [-0.25, -0.2) is 0 Å². The lowest BCUT2D eigenvalue weighted by molar-refractivity contribution is 0.580. The highest BCUT2D eigenvalue weighted by atomic mass is 15.0. The van der Waals surface area contributed by atoms with E-state index in [4.69, 9.17) is 0 Å². The van der Waals surface area contributed by atoms with Crippen molar-refractivity contribution in [2.45, 2.75) is 24.8 Å². The van der Waals surface area contributed by atoms with E-state index in [0.29, 0.717) is 12.0 Å². The zero-order chi connectivity index (χ0) is 9.38. The molecule has 2 aliphatic heterocycles. The molecule has 2 nitrogen and oxygen atoms in total. The number of rotatable bonds is 0. The van der Waals surface area contributed by atoms with Crippen LogP contribution in [0.2, 0.25) is 0 Å². The second-order valence-electron chi connectivity index (χ2n) is 4.29. The molecule has 74 valence electrons.